The number of nitrogens with two attached hydrogens (primary N) is 1. The third-order valence-corrected chi connectivity index (χ3v) is 5.46. The van der Waals surface area contributed by atoms with Gasteiger partial charge in [-0.25, -0.2) is 0 Å². The van der Waals surface area contributed by atoms with E-state index in [0.717, 1.165) is 13.1 Å². The predicted octanol–water partition coefficient (Wildman–Crippen LogP) is 0.962. The van der Waals surface area contributed by atoms with Crippen LogP contribution in [0.1, 0.15) is 38.5 Å². The standard InChI is InChI=1S/C15H27N3O/c16-14-12-5-4-11(10-12)13(14)15(19)17-6-9-18-7-2-1-3-8-18/h11-14H,1-10,16H2,(H,17,19). The maximum Gasteiger partial charge on any atom is 0.225 e. The van der Waals surface area contributed by atoms with E-state index in [4.69, 9.17) is 5.73 Å². The van der Waals surface area contributed by atoms with Gasteiger partial charge in [-0.3, -0.25) is 4.79 Å². The highest BCUT2D eigenvalue weighted by molar-refractivity contribution is 5.80. The van der Waals surface area contributed by atoms with Crippen molar-refractivity contribution in [3.63, 3.8) is 0 Å². The summed E-state index contributed by atoms with van der Waals surface area (Å²) in [5.41, 5.74) is 6.21. The van der Waals surface area contributed by atoms with Gasteiger partial charge in [0.1, 0.15) is 0 Å². The molecular formula is C15H27N3O. The van der Waals surface area contributed by atoms with E-state index in [9.17, 15) is 4.79 Å². The molecule has 0 radical (unpaired) electrons. The molecule has 3 rings (SSSR count). The van der Waals surface area contributed by atoms with Crippen molar-refractivity contribution in [2.24, 2.45) is 23.5 Å². The summed E-state index contributed by atoms with van der Waals surface area (Å²) in [6.45, 7) is 4.19. The van der Waals surface area contributed by atoms with Crippen LogP contribution in [-0.4, -0.2) is 43.0 Å². The van der Waals surface area contributed by atoms with Gasteiger partial charge in [0.05, 0.1) is 5.92 Å². The van der Waals surface area contributed by atoms with Gasteiger partial charge >= 0.3 is 0 Å². The van der Waals surface area contributed by atoms with Crippen LogP contribution < -0.4 is 11.1 Å². The molecule has 0 aromatic carbocycles. The molecule has 4 nitrogen and oxygen atoms in total. The number of rotatable bonds is 4. The molecule has 1 saturated heterocycles. The van der Waals surface area contributed by atoms with Gasteiger partial charge in [0, 0.05) is 19.1 Å². The van der Waals surface area contributed by atoms with E-state index >= 15 is 0 Å². The fraction of sp³-hybridized carbons (Fsp3) is 0.933. The molecule has 2 bridgehead atoms. The molecule has 3 N–H and O–H groups in total. The zero-order valence-corrected chi connectivity index (χ0v) is 11.8. The number of carbonyl (C=O) groups is 1. The first-order valence-corrected chi connectivity index (χ1v) is 8.01. The number of fused-ring (bicyclic) bond motifs is 2. The minimum atomic E-state index is 0.0973. The zero-order valence-electron chi connectivity index (χ0n) is 11.8. The maximum atomic E-state index is 12.3. The van der Waals surface area contributed by atoms with E-state index in [-0.39, 0.29) is 17.9 Å². The van der Waals surface area contributed by atoms with Crippen molar-refractivity contribution in [2.75, 3.05) is 26.2 Å². The first kappa shape index (κ1) is 13.4. The highest BCUT2D eigenvalue weighted by Gasteiger charge is 2.48. The molecule has 1 aliphatic heterocycles. The number of carbonyl (C=O) groups excluding carboxylic acids is 1. The molecule has 0 spiro atoms. The van der Waals surface area contributed by atoms with Gasteiger partial charge in [0.2, 0.25) is 5.91 Å². The SMILES string of the molecule is NC1C2CCC(C2)C1C(=O)NCCN1CCCCC1. The average molecular weight is 265 g/mol. The monoisotopic (exact) mass is 265 g/mol. The predicted molar refractivity (Wildman–Crippen MR) is 75.6 cm³/mol. The Morgan fingerprint density at radius 1 is 1.16 bits per heavy atom. The lowest BCUT2D eigenvalue weighted by Gasteiger charge is -2.29. The molecule has 19 heavy (non-hydrogen) atoms. The van der Waals surface area contributed by atoms with Crippen molar-refractivity contribution in [2.45, 2.75) is 44.6 Å². The van der Waals surface area contributed by atoms with Crippen molar-refractivity contribution < 1.29 is 4.79 Å². The first-order valence-electron chi connectivity index (χ1n) is 8.01. The van der Waals surface area contributed by atoms with Gasteiger partial charge in [-0.05, 0) is 57.0 Å². The minimum Gasteiger partial charge on any atom is -0.355 e. The molecule has 3 fully saturated rings. The van der Waals surface area contributed by atoms with E-state index < -0.39 is 0 Å². The quantitative estimate of drug-likeness (QED) is 0.796. The summed E-state index contributed by atoms with van der Waals surface area (Å²) >= 11 is 0. The molecule has 4 atom stereocenters. The molecule has 108 valence electrons. The third-order valence-electron chi connectivity index (χ3n) is 5.46. The molecule has 0 aromatic rings. The highest BCUT2D eigenvalue weighted by Crippen LogP contribution is 2.47. The summed E-state index contributed by atoms with van der Waals surface area (Å²) in [6, 6.07) is 0.119. The van der Waals surface area contributed by atoms with Crippen LogP contribution in [-0.2, 0) is 4.79 Å². The van der Waals surface area contributed by atoms with Crippen LogP contribution >= 0.6 is 0 Å². The van der Waals surface area contributed by atoms with Gasteiger partial charge in [-0.15, -0.1) is 0 Å². The second kappa shape index (κ2) is 5.80. The summed E-state index contributed by atoms with van der Waals surface area (Å²) < 4.78 is 0. The number of nitrogens with zero attached hydrogens (tertiary/aromatic N) is 1. The van der Waals surface area contributed by atoms with Gasteiger partial charge < -0.3 is 16.0 Å². The molecule has 0 aromatic heterocycles. The number of hydrogen-bond donors (Lipinski definition) is 2. The first-order chi connectivity index (χ1) is 9.25. The Morgan fingerprint density at radius 3 is 2.58 bits per heavy atom. The van der Waals surface area contributed by atoms with Crippen LogP contribution in [0.3, 0.4) is 0 Å². The Kier molecular flexibility index (Phi) is 4.08. The number of likely N-dealkylation sites (tertiary alicyclic amines) is 1. The normalized spacial score (nSPS) is 38.6. The van der Waals surface area contributed by atoms with Crippen molar-refractivity contribution in [1.29, 1.82) is 0 Å². The third kappa shape index (κ3) is 2.79. The summed E-state index contributed by atoms with van der Waals surface area (Å²) in [6.07, 6.45) is 7.62. The van der Waals surface area contributed by atoms with Crippen LogP contribution in [0.15, 0.2) is 0 Å². The van der Waals surface area contributed by atoms with Crippen molar-refractivity contribution in [1.82, 2.24) is 10.2 Å². The van der Waals surface area contributed by atoms with Gasteiger partial charge in [0.15, 0.2) is 0 Å². The Morgan fingerprint density at radius 2 is 1.89 bits per heavy atom. The largest absolute Gasteiger partial charge is 0.355 e. The Balaban J connectivity index is 1.41. The molecule has 4 heteroatoms. The molecule has 2 aliphatic carbocycles. The van der Waals surface area contributed by atoms with Crippen LogP contribution in [0, 0.1) is 17.8 Å². The lowest BCUT2D eigenvalue weighted by Crippen LogP contribution is -2.47. The van der Waals surface area contributed by atoms with Gasteiger partial charge in [-0.1, -0.05) is 6.42 Å². The molecule has 3 aliphatic rings. The zero-order chi connectivity index (χ0) is 13.2. The Labute approximate surface area is 116 Å². The summed E-state index contributed by atoms with van der Waals surface area (Å²) in [4.78, 5) is 14.7. The Hall–Kier alpha value is -0.610. The highest BCUT2D eigenvalue weighted by atomic mass is 16.1. The lowest BCUT2D eigenvalue weighted by atomic mass is 9.84. The second-order valence-electron chi connectivity index (χ2n) is 6.63. The number of amides is 1. The smallest absolute Gasteiger partial charge is 0.225 e. The molecule has 2 saturated carbocycles. The number of piperidine rings is 1. The van der Waals surface area contributed by atoms with Crippen molar-refractivity contribution >= 4 is 5.91 Å². The van der Waals surface area contributed by atoms with E-state index in [1.54, 1.807) is 0 Å². The van der Waals surface area contributed by atoms with E-state index in [2.05, 4.69) is 10.2 Å². The molecule has 1 amide bonds. The fourth-order valence-corrected chi connectivity index (χ4v) is 4.36. The fourth-order valence-electron chi connectivity index (χ4n) is 4.36. The summed E-state index contributed by atoms with van der Waals surface area (Å²) in [5.74, 6) is 1.50. The summed E-state index contributed by atoms with van der Waals surface area (Å²) in [5, 5.41) is 3.13. The van der Waals surface area contributed by atoms with Crippen LogP contribution in [0.2, 0.25) is 0 Å². The van der Waals surface area contributed by atoms with Crippen LogP contribution in [0.4, 0.5) is 0 Å². The number of hydrogen-bond acceptors (Lipinski definition) is 3. The minimum absolute atomic E-state index is 0.0973. The summed E-state index contributed by atoms with van der Waals surface area (Å²) in [7, 11) is 0. The van der Waals surface area contributed by atoms with E-state index in [1.165, 1.54) is 51.6 Å². The van der Waals surface area contributed by atoms with Crippen molar-refractivity contribution in [3.8, 4) is 0 Å². The molecule has 4 unspecified atom stereocenters. The van der Waals surface area contributed by atoms with Gasteiger partial charge in [-0.2, -0.15) is 0 Å². The number of nitrogens with one attached hydrogen (secondary N) is 1. The van der Waals surface area contributed by atoms with Crippen LogP contribution in [0.5, 0.6) is 0 Å². The molecule has 1 heterocycles. The van der Waals surface area contributed by atoms with E-state index in [0.29, 0.717) is 11.8 Å². The van der Waals surface area contributed by atoms with E-state index in [1.807, 2.05) is 0 Å². The second-order valence-corrected chi connectivity index (χ2v) is 6.63. The van der Waals surface area contributed by atoms with Crippen LogP contribution in [0.25, 0.3) is 0 Å². The molecular weight excluding hydrogens is 238 g/mol. The van der Waals surface area contributed by atoms with Gasteiger partial charge in [0.25, 0.3) is 0 Å². The van der Waals surface area contributed by atoms with Crippen molar-refractivity contribution in [3.05, 3.63) is 0 Å². The average Bonchev–Trinajstić information content (AvgIpc) is 3.00. The Bertz CT molecular complexity index is 325. The maximum absolute atomic E-state index is 12.3. The lowest BCUT2D eigenvalue weighted by molar-refractivity contribution is -0.127. The topological polar surface area (TPSA) is 58.4 Å².